The van der Waals surface area contributed by atoms with Gasteiger partial charge < -0.3 is 14.9 Å². The van der Waals surface area contributed by atoms with Crippen molar-refractivity contribution < 1.29 is 14.7 Å². The summed E-state index contributed by atoms with van der Waals surface area (Å²) < 4.78 is 0. The van der Waals surface area contributed by atoms with E-state index in [0.717, 1.165) is 31.5 Å². The summed E-state index contributed by atoms with van der Waals surface area (Å²) in [7, 11) is 0. The van der Waals surface area contributed by atoms with Gasteiger partial charge in [0.1, 0.15) is 6.61 Å². The molecule has 1 spiro atoms. The van der Waals surface area contributed by atoms with Crippen molar-refractivity contribution in [2.75, 3.05) is 31.1 Å². The number of aliphatic hydroxyl groups excluding tert-OH is 1. The Balaban J connectivity index is 1.79. The van der Waals surface area contributed by atoms with Crippen LogP contribution in [-0.4, -0.2) is 48.1 Å². The molecule has 0 saturated carbocycles. The highest BCUT2D eigenvalue weighted by atomic mass is 32.1. The highest BCUT2D eigenvalue weighted by molar-refractivity contribution is 7.08. The van der Waals surface area contributed by atoms with Gasteiger partial charge in [0.2, 0.25) is 11.8 Å². The van der Waals surface area contributed by atoms with Crippen LogP contribution in [-0.2, 0) is 9.59 Å². The minimum Gasteiger partial charge on any atom is -0.387 e. The lowest BCUT2D eigenvalue weighted by Crippen LogP contribution is -2.50. The van der Waals surface area contributed by atoms with Crippen LogP contribution in [0.4, 0.5) is 5.69 Å². The van der Waals surface area contributed by atoms with Gasteiger partial charge in [0.05, 0.1) is 11.1 Å². The maximum Gasteiger partial charge on any atom is 0.248 e. The first-order chi connectivity index (χ1) is 9.66. The van der Waals surface area contributed by atoms with Crippen molar-refractivity contribution in [1.29, 1.82) is 0 Å². The zero-order chi connectivity index (χ0) is 14.2. The van der Waals surface area contributed by atoms with E-state index in [1.807, 2.05) is 21.7 Å². The second-order valence-electron chi connectivity index (χ2n) is 5.55. The number of hydrogen-bond acceptors (Lipinski definition) is 4. The van der Waals surface area contributed by atoms with Crippen LogP contribution in [0.5, 0.6) is 0 Å². The first kappa shape index (κ1) is 13.6. The van der Waals surface area contributed by atoms with Crippen molar-refractivity contribution in [3.8, 4) is 0 Å². The van der Waals surface area contributed by atoms with E-state index in [1.165, 1.54) is 0 Å². The summed E-state index contributed by atoms with van der Waals surface area (Å²) in [5.74, 6) is -0.141. The summed E-state index contributed by atoms with van der Waals surface area (Å²) in [5, 5.41) is 13.0. The molecule has 0 aliphatic carbocycles. The van der Waals surface area contributed by atoms with Crippen molar-refractivity contribution in [3.63, 3.8) is 0 Å². The Kier molecular flexibility index (Phi) is 3.52. The minimum atomic E-state index is -0.474. The van der Waals surface area contributed by atoms with Crippen molar-refractivity contribution in [1.82, 2.24) is 4.90 Å². The van der Waals surface area contributed by atoms with Gasteiger partial charge in [-0.05, 0) is 30.7 Å². The number of aliphatic hydroxyl groups is 1. The predicted octanol–water partition coefficient (Wildman–Crippen LogP) is 1.09. The summed E-state index contributed by atoms with van der Waals surface area (Å²) >= 11 is 1.58. The lowest BCUT2D eigenvalue weighted by Gasteiger charge is -2.38. The molecule has 2 amide bonds. The molecule has 3 rings (SSSR count). The first-order valence-corrected chi connectivity index (χ1v) is 7.83. The van der Waals surface area contributed by atoms with Crippen LogP contribution in [0.2, 0.25) is 0 Å². The third kappa shape index (κ3) is 2.13. The van der Waals surface area contributed by atoms with E-state index in [0.29, 0.717) is 13.1 Å². The average molecular weight is 294 g/mol. The normalized spacial score (nSPS) is 26.6. The van der Waals surface area contributed by atoms with Crippen molar-refractivity contribution in [2.24, 2.45) is 5.41 Å². The molecule has 0 unspecified atom stereocenters. The van der Waals surface area contributed by atoms with Crippen LogP contribution in [0.3, 0.4) is 0 Å². The SMILES string of the molecule is O=C(CO)N1CCC[C@]2(CCN(c3ccsc3)C2=O)C1. The van der Waals surface area contributed by atoms with E-state index in [-0.39, 0.29) is 11.8 Å². The summed E-state index contributed by atoms with van der Waals surface area (Å²) in [5.41, 5.74) is 0.521. The number of thiophene rings is 1. The zero-order valence-electron chi connectivity index (χ0n) is 11.2. The topological polar surface area (TPSA) is 60.9 Å². The number of nitrogens with zero attached hydrogens (tertiary/aromatic N) is 2. The van der Waals surface area contributed by atoms with Crippen molar-refractivity contribution in [2.45, 2.75) is 19.3 Å². The van der Waals surface area contributed by atoms with Gasteiger partial charge in [0.25, 0.3) is 0 Å². The fourth-order valence-corrected chi connectivity index (χ4v) is 3.94. The number of carbonyl (C=O) groups excluding carboxylic acids is 2. The molecule has 1 aromatic heterocycles. The van der Waals surface area contributed by atoms with E-state index in [9.17, 15) is 9.59 Å². The molecule has 108 valence electrons. The van der Waals surface area contributed by atoms with Gasteiger partial charge in [0, 0.05) is 25.0 Å². The highest BCUT2D eigenvalue weighted by Gasteiger charge is 2.49. The van der Waals surface area contributed by atoms with E-state index in [1.54, 1.807) is 16.2 Å². The highest BCUT2D eigenvalue weighted by Crippen LogP contribution is 2.42. The first-order valence-electron chi connectivity index (χ1n) is 6.89. The maximum absolute atomic E-state index is 12.8. The standard InChI is InChI=1S/C14H18N2O3S/c17-8-12(18)15-5-1-3-14(10-15)4-6-16(13(14)19)11-2-7-20-9-11/h2,7,9,17H,1,3-6,8,10H2/t14-/m0/s1. The molecule has 1 atom stereocenters. The Morgan fingerprint density at radius 2 is 2.25 bits per heavy atom. The third-order valence-electron chi connectivity index (χ3n) is 4.40. The Hall–Kier alpha value is -1.40. The number of piperidine rings is 1. The minimum absolute atomic E-state index is 0.131. The fraction of sp³-hybridized carbons (Fsp3) is 0.571. The molecule has 0 bridgehead atoms. The molecule has 20 heavy (non-hydrogen) atoms. The Morgan fingerprint density at radius 3 is 2.95 bits per heavy atom. The molecule has 0 aromatic carbocycles. The molecule has 1 aromatic rings. The Labute approximate surface area is 121 Å². The molecule has 1 N–H and O–H groups in total. The largest absolute Gasteiger partial charge is 0.387 e. The number of carbonyl (C=O) groups is 2. The summed E-state index contributed by atoms with van der Waals surface area (Å²) in [6.45, 7) is 1.34. The van der Waals surface area contributed by atoms with E-state index in [2.05, 4.69) is 0 Å². The molecule has 2 saturated heterocycles. The van der Waals surface area contributed by atoms with Gasteiger partial charge in [-0.25, -0.2) is 0 Å². The van der Waals surface area contributed by atoms with Crippen molar-refractivity contribution in [3.05, 3.63) is 16.8 Å². The molecule has 2 aliphatic rings. The van der Waals surface area contributed by atoms with Gasteiger partial charge in [-0.1, -0.05) is 0 Å². The van der Waals surface area contributed by atoms with Gasteiger partial charge in [-0.2, -0.15) is 11.3 Å². The van der Waals surface area contributed by atoms with Crippen LogP contribution < -0.4 is 4.90 Å². The van der Waals surface area contributed by atoms with E-state index >= 15 is 0 Å². The number of rotatable bonds is 2. The molecule has 0 radical (unpaired) electrons. The maximum atomic E-state index is 12.8. The van der Waals surface area contributed by atoms with Gasteiger partial charge >= 0.3 is 0 Å². The van der Waals surface area contributed by atoms with Crippen molar-refractivity contribution >= 4 is 28.8 Å². The molecular formula is C14H18N2O3S. The Morgan fingerprint density at radius 1 is 1.40 bits per heavy atom. The lowest BCUT2D eigenvalue weighted by molar-refractivity contribution is -0.140. The van der Waals surface area contributed by atoms with Crippen LogP contribution in [0, 0.1) is 5.41 Å². The summed E-state index contributed by atoms with van der Waals surface area (Å²) in [6, 6.07) is 1.96. The molecule has 2 fully saturated rings. The number of likely N-dealkylation sites (tertiary alicyclic amines) is 1. The van der Waals surface area contributed by atoms with Crippen LogP contribution in [0.15, 0.2) is 16.8 Å². The zero-order valence-corrected chi connectivity index (χ0v) is 12.1. The van der Waals surface area contributed by atoms with Crippen LogP contribution >= 0.6 is 11.3 Å². The summed E-state index contributed by atoms with van der Waals surface area (Å²) in [4.78, 5) is 27.9. The van der Waals surface area contributed by atoms with E-state index in [4.69, 9.17) is 5.11 Å². The van der Waals surface area contributed by atoms with Gasteiger partial charge in [-0.15, -0.1) is 0 Å². The second-order valence-corrected chi connectivity index (χ2v) is 6.33. The Bertz CT molecular complexity index is 516. The monoisotopic (exact) mass is 294 g/mol. The average Bonchev–Trinajstić information content (AvgIpc) is 3.09. The van der Waals surface area contributed by atoms with E-state index < -0.39 is 12.0 Å². The smallest absolute Gasteiger partial charge is 0.248 e. The third-order valence-corrected chi connectivity index (χ3v) is 5.07. The lowest BCUT2D eigenvalue weighted by atomic mass is 9.78. The molecule has 2 aliphatic heterocycles. The molecule has 3 heterocycles. The number of anilines is 1. The fourth-order valence-electron chi connectivity index (χ4n) is 3.30. The van der Waals surface area contributed by atoms with Crippen LogP contribution in [0.1, 0.15) is 19.3 Å². The van der Waals surface area contributed by atoms with Gasteiger partial charge in [-0.3, -0.25) is 9.59 Å². The van der Waals surface area contributed by atoms with Gasteiger partial charge in [0.15, 0.2) is 0 Å². The quantitative estimate of drug-likeness (QED) is 0.888. The number of amides is 2. The second kappa shape index (κ2) is 5.18. The molecule has 6 heteroatoms. The molecular weight excluding hydrogens is 276 g/mol. The predicted molar refractivity (Wildman–Crippen MR) is 76.6 cm³/mol. The molecule has 5 nitrogen and oxygen atoms in total. The number of hydrogen-bond donors (Lipinski definition) is 1. The van der Waals surface area contributed by atoms with Crippen LogP contribution in [0.25, 0.3) is 0 Å². The summed E-state index contributed by atoms with van der Waals surface area (Å²) in [6.07, 6.45) is 2.45.